The van der Waals surface area contributed by atoms with E-state index in [0.717, 1.165) is 33.2 Å². The Labute approximate surface area is 130 Å². The molecule has 0 unspecified atom stereocenters. The highest BCUT2D eigenvalue weighted by Gasteiger charge is 2.16. The number of H-pyrrole nitrogens is 1. The lowest BCUT2D eigenvalue weighted by Gasteiger charge is -2.07. The van der Waals surface area contributed by atoms with Crippen LogP contribution in [0.2, 0.25) is 0 Å². The third kappa shape index (κ3) is 2.79. The number of anilines is 1. The van der Waals surface area contributed by atoms with Crippen LogP contribution in [0, 0.1) is 6.92 Å². The fourth-order valence-electron chi connectivity index (χ4n) is 2.18. The zero-order valence-corrected chi connectivity index (χ0v) is 13.4. The van der Waals surface area contributed by atoms with E-state index in [1.807, 2.05) is 35.9 Å². The predicted molar refractivity (Wildman–Crippen MR) is 85.6 cm³/mol. The number of nitrogens with one attached hydrogen (secondary N) is 2. The Bertz CT molecular complexity index is 764. The minimum Gasteiger partial charge on any atom is -0.383 e. The summed E-state index contributed by atoms with van der Waals surface area (Å²) in [5.74, 6) is 1.78. The standard InChI is InChI=1S/C14H16BrN5O/c1-9-17-7-11(18-9)13-14(16-5-6-21-2)20-8-10(15)3-4-12(20)19-13/h3-4,7-8,16H,5-6H2,1-2H3,(H,17,18). The van der Waals surface area contributed by atoms with E-state index < -0.39 is 0 Å². The van der Waals surface area contributed by atoms with Gasteiger partial charge in [0.2, 0.25) is 0 Å². The van der Waals surface area contributed by atoms with Crippen molar-refractivity contribution in [3.05, 3.63) is 34.8 Å². The third-order valence-corrected chi connectivity index (χ3v) is 3.60. The van der Waals surface area contributed by atoms with Gasteiger partial charge in [-0.05, 0) is 35.0 Å². The van der Waals surface area contributed by atoms with Gasteiger partial charge in [0, 0.05) is 30.5 Å². The molecule has 6 nitrogen and oxygen atoms in total. The van der Waals surface area contributed by atoms with Gasteiger partial charge < -0.3 is 15.0 Å². The Morgan fingerprint density at radius 2 is 2.24 bits per heavy atom. The average molecular weight is 350 g/mol. The van der Waals surface area contributed by atoms with Crippen molar-refractivity contribution in [2.75, 3.05) is 25.6 Å². The van der Waals surface area contributed by atoms with Crippen molar-refractivity contribution in [2.45, 2.75) is 6.92 Å². The Hall–Kier alpha value is -1.86. The van der Waals surface area contributed by atoms with Crippen LogP contribution in [0.3, 0.4) is 0 Å². The summed E-state index contributed by atoms with van der Waals surface area (Å²) in [4.78, 5) is 12.2. The fourth-order valence-corrected chi connectivity index (χ4v) is 2.51. The van der Waals surface area contributed by atoms with Gasteiger partial charge in [-0.1, -0.05) is 0 Å². The molecule has 0 aliphatic rings. The molecule has 0 aliphatic heterocycles. The minimum atomic E-state index is 0.625. The Balaban J connectivity index is 2.10. The predicted octanol–water partition coefficient (Wildman–Crippen LogP) is 2.85. The van der Waals surface area contributed by atoms with Crippen molar-refractivity contribution in [1.82, 2.24) is 19.4 Å². The second kappa shape index (κ2) is 5.87. The number of pyridine rings is 1. The number of aryl methyl sites for hydroxylation is 1. The number of imidazole rings is 2. The van der Waals surface area contributed by atoms with Gasteiger partial charge in [-0.2, -0.15) is 0 Å². The van der Waals surface area contributed by atoms with Crippen LogP contribution in [0.4, 0.5) is 5.82 Å². The highest BCUT2D eigenvalue weighted by molar-refractivity contribution is 9.10. The van der Waals surface area contributed by atoms with Gasteiger partial charge in [-0.25, -0.2) is 9.97 Å². The largest absolute Gasteiger partial charge is 0.383 e. The third-order valence-electron chi connectivity index (χ3n) is 3.13. The molecule has 0 spiro atoms. The SMILES string of the molecule is COCCNc1c(-c2c[nH]c(C)n2)nc2ccc(Br)cn12. The number of halogens is 1. The molecule has 110 valence electrons. The van der Waals surface area contributed by atoms with Crippen LogP contribution >= 0.6 is 15.9 Å². The number of aromatic amines is 1. The van der Waals surface area contributed by atoms with Crippen molar-refractivity contribution >= 4 is 27.4 Å². The lowest BCUT2D eigenvalue weighted by molar-refractivity contribution is 0.210. The summed E-state index contributed by atoms with van der Waals surface area (Å²) in [6.07, 6.45) is 3.86. The zero-order valence-electron chi connectivity index (χ0n) is 11.9. The molecule has 3 rings (SSSR count). The van der Waals surface area contributed by atoms with Crippen molar-refractivity contribution in [1.29, 1.82) is 0 Å². The van der Waals surface area contributed by atoms with E-state index in [9.17, 15) is 0 Å². The monoisotopic (exact) mass is 349 g/mol. The van der Waals surface area contributed by atoms with Crippen LogP contribution in [-0.2, 0) is 4.74 Å². The van der Waals surface area contributed by atoms with E-state index in [-0.39, 0.29) is 0 Å². The molecule has 0 aliphatic carbocycles. The van der Waals surface area contributed by atoms with Crippen LogP contribution in [0.1, 0.15) is 5.82 Å². The number of fused-ring (bicyclic) bond motifs is 1. The maximum absolute atomic E-state index is 5.10. The lowest BCUT2D eigenvalue weighted by Crippen LogP contribution is -2.10. The van der Waals surface area contributed by atoms with Gasteiger partial charge in [0.15, 0.2) is 0 Å². The smallest absolute Gasteiger partial charge is 0.140 e. The number of aromatic nitrogens is 4. The molecule has 0 fully saturated rings. The van der Waals surface area contributed by atoms with Crippen LogP contribution in [-0.4, -0.2) is 39.6 Å². The second-order valence-electron chi connectivity index (χ2n) is 4.68. The van der Waals surface area contributed by atoms with Crippen molar-refractivity contribution in [3.8, 4) is 11.4 Å². The molecule has 0 saturated heterocycles. The van der Waals surface area contributed by atoms with E-state index in [4.69, 9.17) is 4.74 Å². The highest BCUT2D eigenvalue weighted by atomic mass is 79.9. The Morgan fingerprint density at radius 3 is 2.95 bits per heavy atom. The first-order valence-corrected chi connectivity index (χ1v) is 7.41. The number of hydrogen-bond donors (Lipinski definition) is 2. The molecule has 0 atom stereocenters. The number of nitrogens with zero attached hydrogens (tertiary/aromatic N) is 3. The number of ether oxygens (including phenoxy) is 1. The normalized spacial score (nSPS) is 11.2. The molecule has 3 heterocycles. The molecule has 21 heavy (non-hydrogen) atoms. The van der Waals surface area contributed by atoms with Gasteiger partial charge >= 0.3 is 0 Å². The lowest BCUT2D eigenvalue weighted by atomic mass is 10.3. The molecule has 0 bridgehead atoms. The van der Waals surface area contributed by atoms with Crippen LogP contribution < -0.4 is 5.32 Å². The van der Waals surface area contributed by atoms with Gasteiger partial charge in [-0.3, -0.25) is 4.40 Å². The molecule has 7 heteroatoms. The maximum atomic E-state index is 5.10. The van der Waals surface area contributed by atoms with Crippen LogP contribution in [0.15, 0.2) is 29.0 Å². The van der Waals surface area contributed by atoms with Crippen LogP contribution in [0.5, 0.6) is 0 Å². The topological polar surface area (TPSA) is 67.2 Å². The quantitative estimate of drug-likeness (QED) is 0.695. The summed E-state index contributed by atoms with van der Waals surface area (Å²) in [6.45, 7) is 3.25. The number of hydrogen-bond acceptors (Lipinski definition) is 4. The molecule has 3 aromatic heterocycles. The summed E-state index contributed by atoms with van der Waals surface area (Å²) in [5, 5.41) is 3.37. The maximum Gasteiger partial charge on any atom is 0.140 e. The zero-order chi connectivity index (χ0) is 14.8. The number of methoxy groups -OCH3 is 1. The first-order valence-electron chi connectivity index (χ1n) is 6.62. The van der Waals surface area contributed by atoms with Gasteiger partial charge in [0.1, 0.15) is 28.7 Å². The molecular weight excluding hydrogens is 334 g/mol. The second-order valence-corrected chi connectivity index (χ2v) is 5.59. The summed E-state index contributed by atoms with van der Waals surface area (Å²) < 4.78 is 8.11. The molecule has 0 radical (unpaired) electrons. The van der Waals surface area contributed by atoms with E-state index in [0.29, 0.717) is 13.2 Å². The molecule has 2 N–H and O–H groups in total. The molecule has 0 aromatic carbocycles. The highest BCUT2D eigenvalue weighted by Crippen LogP contribution is 2.28. The van der Waals surface area contributed by atoms with Crippen molar-refractivity contribution in [2.24, 2.45) is 0 Å². The van der Waals surface area contributed by atoms with Crippen molar-refractivity contribution in [3.63, 3.8) is 0 Å². The summed E-state index contributed by atoms with van der Waals surface area (Å²) in [7, 11) is 1.69. The molecule has 3 aromatic rings. The number of rotatable bonds is 5. The van der Waals surface area contributed by atoms with E-state index in [1.165, 1.54) is 0 Å². The summed E-state index contributed by atoms with van der Waals surface area (Å²) in [6, 6.07) is 3.94. The molecule has 0 amide bonds. The Kier molecular flexibility index (Phi) is 3.94. The van der Waals surface area contributed by atoms with Gasteiger partial charge in [0.05, 0.1) is 6.61 Å². The molecule has 0 saturated carbocycles. The van der Waals surface area contributed by atoms with E-state index in [2.05, 4.69) is 36.2 Å². The summed E-state index contributed by atoms with van der Waals surface area (Å²) in [5.41, 5.74) is 2.52. The first kappa shape index (κ1) is 14.1. The van der Waals surface area contributed by atoms with Gasteiger partial charge in [0.25, 0.3) is 0 Å². The van der Waals surface area contributed by atoms with E-state index >= 15 is 0 Å². The van der Waals surface area contributed by atoms with Crippen LogP contribution in [0.25, 0.3) is 17.0 Å². The first-order chi connectivity index (χ1) is 10.2. The van der Waals surface area contributed by atoms with E-state index in [1.54, 1.807) is 7.11 Å². The fraction of sp³-hybridized carbons (Fsp3) is 0.286. The Morgan fingerprint density at radius 1 is 1.38 bits per heavy atom. The summed E-state index contributed by atoms with van der Waals surface area (Å²) >= 11 is 3.50. The average Bonchev–Trinajstić information content (AvgIpc) is 3.03. The van der Waals surface area contributed by atoms with Gasteiger partial charge in [-0.15, -0.1) is 0 Å². The minimum absolute atomic E-state index is 0.625. The van der Waals surface area contributed by atoms with Crippen molar-refractivity contribution < 1.29 is 4.74 Å². The molecular formula is C14H16BrN5O.